The number of nitrogens with two attached hydrogens (primary N) is 1. The summed E-state index contributed by atoms with van der Waals surface area (Å²) in [4.78, 5) is 10.2. The molecule has 35 heavy (non-hydrogen) atoms. The second kappa shape index (κ2) is 12.5. The van der Waals surface area contributed by atoms with Gasteiger partial charge in [-0.15, -0.1) is 0 Å². The van der Waals surface area contributed by atoms with Crippen molar-refractivity contribution in [1.82, 2.24) is 4.98 Å². The minimum Gasteiger partial charge on any atom is -0.397 e. The molecule has 0 amide bonds. The zero-order chi connectivity index (χ0) is 25.2. The van der Waals surface area contributed by atoms with E-state index in [1.807, 2.05) is 80.9 Å². The molecule has 0 radical (unpaired) electrons. The van der Waals surface area contributed by atoms with E-state index in [4.69, 9.17) is 5.73 Å². The highest BCUT2D eigenvalue weighted by Gasteiger charge is 2.06. The Balaban J connectivity index is 1.61. The molecule has 5 nitrogen and oxygen atoms in total. The maximum absolute atomic E-state index is 6.01. The largest absolute Gasteiger partial charge is 0.397 e. The summed E-state index contributed by atoms with van der Waals surface area (Å²) in [5, 5.41) is 7.48. The van der Waals surface area contributed by atoms with Crippen LogP contribution in [-0.4, -0.2) is 10.7 Å². The van der Waals surface area contributed by atoms with Crippen LogP contribution in [0.3, 0.4) is 0 Å². The lowest BCUT2D eigenvalue weighted by atomic mass is 10.1. The molecule has 0 spiro atoms. The molecule has 180 valence electrons. The number of nitrogen functional groups attached to an aromatic ring is 1. The first-order valence-electron chi connectivity index (χ1n) is 11.6. The first-order chi connectivity index (χ1) is 16.9. The average Bonchev–Trinajstić information content (AvgIpc) is 3.33. The summed E-state index contributed by atoms with van der Waals surface area (Å²) < 4.78 is 0. The molecule has 0 aliphatic carbocycles. The maximum Gasteiger partial charge on any atom is 0.187 e. The van der Waals surface area contributed by atoms with Gasteiger partial charge in [-0.1, -0.05) is 66.8 Å². The fourth-order valence-electron chi connectivity index (χ4n) is 3.19. The second-order valence-electron chi connectivity index (χ2n) is 8.06. The molecule has 6 heteroatoms. The number of nitrogens with one attached hydrogen (secondary N) is 2. The zero-order valence-electron chi connectivity index (χ0n) is 20.8. The Bertz CT molecular complexity index is 1280. The number of nitrogens with zero attached hydrogens (tertiary/aromatic N) is 2. The molecule has 0 saturated heterocycles. The van der Waals surface area contributed by atoms with E-state index in [2.05, 4.69) is 53.2 Å². The Labute approximate surface area is 212 Å². The number of aliphatic imine (C=N–C) groups is 1. The van der Waals surface area contributed by atoms with Crippen LogP contribution in [0.4, 0.5) is 22.2 Å². The van der Waals surface area contributed by atoms with Gasteiger partial charge in [-0.25, -0.2) is 4.98 Å². The average molecular weight is 484 g/mol. The monoisotopic (exact) mass is 483 g/mol. The van der Waals surface area contributed by atoms with Gasteiger partial charge in [0.25, 0.3) is 0 Å². The SMILES string of the molecule is C=C(Nc1ccccc1N)c1ccc(Nc2ncc(/C(C)=C/N=C(C)\C=C/C(=C\C)CC)s2)cc1. The van der Waals surface area contributed by atoms with Crippen LogP contribution >= 0.6 is 11.3 Å². The number of benzene rings is 2. The topological polar surface area (TPSA) is 75.3 Å². The lowest BCUT2D eigenvalue weighted by molar-refractivity contribution is 1.14. The van der Waals surface area contributed by atoms with Crippen LogP contribution in [0.5, 0.6) is 0 Å². The van der Waals surface area contributed by atoms with Crippen LogP contribution in [0.25, 0.3) is 11.3 Å². The second-order valence-corrected chi connectivity index (χ2v) is 9.09. The highest BCUT2D eigenvalue weighted by molar-refractivity contribution is 7.16. The van der Waals surface area contributed by atoms with E-state index >= 15 is 0 Å². The molecule has 0 aliphatic heterocycles. The summed E-state index contributed by atoms with van der Waals surface area (Å²) >= 11 is 1.60. The molecule has 3 rings (SSSR count). The van der Waals surface area contributed by atoms with Crippen molar-refractivity contribution in [3.63, 3.8) is 0 Å². The molecule has 3 aromatic rings. The van der Waals surface area contributed by atoms with E-state index in [9.17, 15) is 0 Å². The van der Waals surface area contributed by atoms with Crippen LogP contribution in [0.1, 0.15) is 44.6 Å². The molecule has 0 aliphatic rings. The fraction of sp³-hybridized carbons (Fsp3) is 0.172. The van der Waals surface area contributed by atoms with Crippen molar-refractivity contribution < 1.29 is 0 Å². The number of anilines is 4. The summed E-state index contributed by atoms with van der Waals surface area (Å²) in [5.41, 5.74) is 13.6. The number of hydrogen-bond acceptors (Lipinski definition) is 6. The number of rotatable bonds is 10. The third-order valence-electron chi connectivity index (χ3n) is 5.40. The highest BCUT2D eigenvalue weighted by Crippen LogP contribution is 2.28. The van der Waals surface area contributed by atoms with Gasteiger partial charge in [0.1, 0.15) is 0 Å². The summed E-state index contributed by atoms with van der Waals surface area (Å²) in [7, 11) is 0. The molecule has 1 heterocycles. The van der Waals surface area contributed by atoms with Crippen molar-refractivity contribution in [3.8, 4) is 0 Å². The van der Waals surface area contributed by atoms with Crippen LogP contribution in [0.2, 0.25) is 0 Å². The Morgan fingerprint density at radius 1 is 1.11 bits per heavy atom. The lowest BCUT2D eigenvalue weighted by Crippen LogP contribution is -2.00. The standard InChI is InChI=1S/C29H33N5S/c1-6-23(7-2)13-12-21(4)31-18-20(3)28-19-32-29(35-28)34-25-16-14-24(15-17-25)22(5)33-27-11-9-8-10-26(27)30/h6,8-19,33H,5,7,30H2,1-4H3,(H,32,34)/b13-12-,20-18+,23-6-,31-21-. The Morgan fingerprint density at radius 3 is 2.54 bits per heavy atom. The van der Waals surface area contributed by atoms with Crippen molar-refractivity contribution in [3.05, 3.63) is 102 Å². The van der Waals surface area contributed by atoms with Gasteiger partial charge < -0.3 is 16.4 Å². The molecule has 4 N–H and O–H groups in total. The van der Waals surface area contributed by atoms with Gasteiger partial charge in [0.2, 0.25) is 0 Å². The summed E-state index contributed by atoms with van der Waals surface area (Å²) in [5.74, 6) is 0. The van der Waals surface area contributed by atoms with Crippen molar-refractivity contribution in [2.75, 3.05) is 16.4 Å². The van der Waals surface area contributed by atoms with Crippen molar-refractivity contribution in [2.45, 2.75) is 34.1 Å². The van der Waals surface area contributed by atoms with Gasteiger partial charge >= 0.3 is 0 Å². The predicted octanol–water partition coefficient (Wildman–Crippen LogP) is 8.29. The predicted molar refractivity (Wildman–Crippen MR) is 155 cm³/mol. The molecule has 2 aromatic carbocycles. The van der Waals surface area contributed by atoms with E-state index in [1.165, 1.54) is 5.57 Å². The smallest absolute Gasteiger partial charge is 0.187 e. The van der Waals surface area contributed by atoms with E-state index in [1.54, 1.807) is 11.3 Å². The van der Waals surface area contributed by atoms with Gasteiger partial charge in [0.15, 0.2) is 5.13 Å². The highest BCUT2D eigenvalue weighted by atomic mass is 32.1. The van der Waals surface area contributed by atoms with Gasteiger partial charge in [0, 0.05) is 29.5 Å². The quantitative estimate of drug-likeness (QED) is 0.154. The van der Waals surface area contributed by atoms with Crippen LogP contribution in [-0.2, 0) is 0 Å². The lowest BCUT2D eigenvalue weighted by Gasteiger charge is -2.12. The van der Waals surface area contributed by atoms with E-state index in [0.29, 0.717) is 5.69 Å². The van der Waals surface area contributed by atoms with Gasteiger partial charge in [-0.3, -0.25) is 4.99 Å². The van der Waals surface area contributed by atoms with E-state index in [0.717, 1.165) is 50.3 Å². The normalized spacial score (nSPS) is 12.7. The van der Waals surface area contributed by atoms with E-state index < -0.39 is 0 Å². The Morgan fingerprint density at radius 2 is 1.86 bits per heavy atom. The summed E-state index contributed by atoms with van der Waals surface area (Å²) in [6, 6.07) is 15.7. The molecular formula is C29H33N5S. The zero-order valence-corrected chi connectivity index (χ0v) is 21.6. The fourth-order valence-corrected chi connectivity index (χ4v) is 3.99. The molecule has 0 bridgehead atoms. The third kappa shape index (κ3) is 7.55. The minimum absolute atomic E-state index is 0.687. The van der Waals surface area contributed by atoms with Crippen molar-refractivity contribution in [2.24, 2.45) is 4.99 Å². The van der Waals surface area contributed by atoms with E-state index in [-0.39, 0.29) is 0 Å². The Kier molecular flexibility index (Phi) is 9.21. The molecule has 0 unspecified atom stereocenters. The number of hydrogen-bond donors (Lipinski definition) is 3. The maximum atomic E-state index is 6.01. The first-order valence-corrected chi connectivity index (χ1v) is 12.4. The van der Waals surface area contributed by atoms with Crippen LogP contribution in [0.15, 0.2) is 96.3 Å². The number of aromatic nitrogens is 1. The van der Waals surface area contributed by atoms with Crippen molar-refractivity contribution in [1.29, 1.82) is 0 Å². The number of allylic oxidation sites excluding steroid dienone is 5. The van der Waals surface area contributed by atoms with Gasteiger partial charge in [-0.05, 0) is 68.7 Å². The first kappa shape index (κ1) is 25.7. The molecular weight excluding hydrogens is 450 g/mol. The van der Waals surface area contributed by atoms with Crippen LogP contribution in [0, 0.1) is 0 Å². The summed E-state index contributed by atoms with van der Waals surface area (Å²) in [6.07, 6.45) is 11.1. The molecule has 0 saturated carbocycles. The third-order valence-corrected chi connectivity index (χ3v) is 6.45. The Hall–Kier alpha value is -3.90. The molecule has 0 fully saturated rings. The number of para-hydroxylation sites is 2. The molecule has 0 atom stereocenters. The minimum atomic E-state index is 0.687. The van der Waals surface area contributed by atoms with Crippen molar-refractivity contribution >= 4 is 50.5 Å². The van der Waals surface area contributed by atoms with Gasteiger partial charge in [-0.2, -0.15) is 0 Å². The number of thiazole rings is 1. The van der Waals surface area contributed by atoms with Gasteiger partial charge in [0.05, 0.1) is 16.3 Å². The molecule has 1 aromatic heterocycles. The summed E-state index contributed by atoms with van der Waals surface area (Å²) in [6.45, 7) is 12.4. The van der Waals surface area contributed by atoms with Crippen LogP contribution < -0.4 is 16.4 Å².